The molecule has 40 heavy (non-hydrogen) atoms. The molecule has 1 aromatic carbocycles. The molecule has 0 bridgehead atoms. The van der Waals surface area contributed by atoms with Crippen LogP contribution in [0.25, 0.3) is 6.08 Å². The standard InChI is InChI=1S/C31H39N5O2S2/c1-4-6-7-8-12-15-36-30(38)27(40-31(36)39)20-25-23(3)26(21-32)29(37)35(5-2)28(25)34-18-16-33(17-19-34)22-24-13-10-9-11-14-24/h9-11,13-14,20H,4-8,12,15-19,22H2,1-3H3/b27-20+. The molecule has 3 heterocycles. The Morgan fingerprint density at radius 1 is 1.02 bits per heavy atom. The Morgan fingerprint density at radius 2 is 1.73 bits per heavy atom. The van der Waals surface area contributed by atoms with Crippen molar-refractivity contribution in [3.63, 3.8) is 0 Å². The number of carbonyl (C=O) groups excluding carboxylic acids is 1. The normalized spacial score (nSPS) is 17.2. The number of anilines is 1. The average molecular weight is 578 g/mol. The molecule has 1 amide bonds. The number of hydrogen-bond donors (Lipinski definition) is 0. The molecule has 0 aliphatic carbocycles. The van der Waals surface area contributed by atoms with Gasteiger partial charge in [0.1, 0.15) is 21.8 Å². The Labute approximate surface area is 247 Å². The second-order valence-corrected chi connectivity index (χ2v) is 12.1. The van der Waals surface area contributed by atoms with E-state index in [1.165, 1.54) is 30.2 Å². The van der Waals surface area contributed by atoms with Gasteiger partial charge in [-0.2, -0.15) is 5.26 Å². The van der Waals surface area contributed by atoms with E-state index in [-0.39, 0.29) is 17.0 Å². The number of benzene rings is 1. The molecule has 2 saturated heterocycles. The molecule has 1 aromatic heterocycles. The van der Waals surface area contributed by atoms with Gasteiger partial charge in [-0.25, -0.2) is 0 Å². The van der Waals surface area contributed by atoms with Gasteiger partial charge in [0.2, 0.25) is 0 Å². The van der Waals surface area contributed by atoms with E-state index in [9.17, 15) is 14.9 Å². The fourth-order valence-corrected chi connectivity index (χ4v) is 6.73. The van der Waals surface area contributed by atoms with Crippen LogP contribution in [0.2, 0.25) is 0 Å². The summed E-state index contributed by atoms with van der Waals surface area (Å²) in [4.78, 5) is 33.7. The molecule has 0 saturated carbocycles. The van der Waals surface area contributed by atoms with E-state index in [2.05, 4.69) is 47.1 Å². The first-order valence-corrected chi connectivity index (χ1v) is 15.6. The third-order valence-corrected chi connectivity index (χ3v) is 9.10. The number of thioether (sulfide) groups is 1. The third kappa shape index (κ3) is 6.68. The molecule has 0 atom stereocenters. The minimum Gasteiger partial charge on any atom is -0.355 e. The molecule has 7 nitrogen and oxygen atoms in total. The SMILES string of the molecule is CCCCCCCN1C(=O)/C(=C\c2c(C)c(C#N)c(=O)n(CC)c2N2CCN(Cc3ccccc3)CC2)SC1=S. The van der Waals surface area contributed by atoms with E-state index >= 15 is 0 Å². The first-order valence-electron chi connectivity index (χ1n) is 14.3. The molecule has 2 aromatic rings. The molecule has 212 valence electrons. The Bertz CT molecular complexity index is 1350. The number of hydrogen-bond acceptors (Lipinski definition) is 7. The molecule has 9 heteroatoms. The lowest BCUT2D eigenvalue weighted by atomic mass is 10.0. The molecule has 2 aliphatic heterocycles. The minimum absolute atomic E-state index is 0.0868. The van der Waals surface area contributed by atoms with Gasteiger partial charge >= 0.3 is 0 Å². The van der Waals surface area contributed by atoms with Crippen molar-refractivity contribution in [2.24, 2.45) is 0 Å². The van der Waals surface area contributed by atoms with Gasteiger partial charge in [0.05, 0.1) is 4.91 Å². The fraction of sp³-hybridized carbons (Fsp3) is 0.484. The third-order valence-electron chi connectivity index (χ3n) is 7.72. The largest absolute Gasteiger partial charge is 0.355 e. The smallest absolute Gasteiger partial charge is 0.270 e. The van der Waals surface area contributed by atoms with Crippen LogP contribution in [0.15, 0.2) is 40.0 Å². The maximum absolute atomic E-state index is 13.4. The second kappa shape index (κ2) is 14.1. The number of carbonyl (C=O) groups is 1. The van der Waals surface area contributed by atoms with Crippen molar-refractivity contribution >= 4 is 46.1 Å². The van der Waals surface area contributed by atoms with E-state index < -0.39 is 0 Å². The monoisotopic (exact) mass is 577 g/mol. The van der Waals surface area contributed by atoms with Crippen LogP contribution in [0.5, 0.6) is 0 Å². The van der Waals surface area contributed by atoms with Crippen LogP contribution < -0.4 is 10.5 Å². The van der Waals surface area contributed by atoms with E-state index in [1.807, 2.05) is 26.0 Å². The summed E-state index contributed by atoms with van der Waals surface area (Å²) in [6.07, 6.45) is 7.42. The number of unbranched alkanes of at least 4 members (excludes halogenated alkanes) is 4. The van der Waals surface area contributed by atoms with Crippen LogP contribution in [0.3, 0.4) is 0 Å². The van der Waals surface area contributed by atoms with E-state index in [0.29, 0.717) is 27.9 Å². The van der Waals surface area contributed by atoms with Gasteiger partial charge in [-0.1, -0.05) is 86.9 Å². The molecular weight excluding hydrogens is 539 g/mol. The van der Waals surface area contributed by atoms with Gasteiger partial charge in [0, 0.05) is 51.4 Å². The van der Waals surface area contributed by atoms with Crippen molar-refractivity contribution in [2.75, 3.05) is 37.6 Å². The summed E-state index contributed by atoms with van der Waals surface area (Å²) >= 11 is 6.90. The van der Waals surface area contributed by atoms with Gasteiger partial charge in [-0.15, -0.1) is 0 Å². The number of piperazine rings is 1. The molecule has 0 unspecified atom stereocenters. The second-order valence-electron chi connectivity index (χ2n) is 10.4. The number of nitrogens with zero attached hydrogens (tertiary/aromatic N) is 5. The number of amides is 1. The average Bonchev–Trinajstić information content (AvgIpc) is 3.23. The molecule has 0 spiro atoms. The summed E-state index contributed by atoms with van der Waals surface area (Å²) < 4.78 is 2.27. The lowest BCUT2D eigenvalue weighted by molar-refractivity contribution is -0.122. The lowest BCUT2D eigenvalue weighted by Gasteiger charge is -2.38. The Morgan fingerprint density at radius 3 is 2.38 bits per heavy atom. The van der Waals surface area contributed by atoms with Crippen molar-refractivity contribution in [3.05, 3.63) is 67.8 Å². The van der Waals surface area contributed by atoms with E-state index in [1.54, 1.807) is 9.47 Å². The van der Waals surface area contributed by atoms with Crippen molar-refractivity contribution in [3.8, 4) is 6.07 Å². The van der Waals surface area contributed by atoms with Crippen LogP contribution in [-0.2, 0) is 17.9 Å². The van der Waals surface area contributed by atoms with Crippen LogP contribution in [-0.4, -0.2) is 57.3 Å². The molecule has 4 rings (SSSR count). The van der Waals surface area contributed by atoms with Crippen LogP contribution >= 0.6 is 24.0 Å². The number of nitriles is 1. The minimum atomic E-state index is -0.277. The highest BCUT2D eigenvalue weighted by molar-refractivity contribution is 8.26. The van der Waals surface area contributed by atoms with Gasteiger partial charge < -0.3 is 4.90 Å². The van der Waals surface area contributed by atoms with Gasteiger partial charge in [-0.3, -0.25) is 24.0 Å². The molecular formula is C31H39N5O2S2. The fourth-order valence-electron chi connectivity index (χ4n) is 5.43. The van der Waals surface area contributed by atoms with Crippen molar-refractivity contribution < 1.29 is 4.79 Å². The highest BCUT2D eigenvalue weighted by Crippen LogP contribution is 2.36. The van der Waals surface area contributed by atoms with Crippen molar-refractivity contribution in [2.45, 2.75) is 66.0 Å². The maximum atomic E-state index is 13.4. The number of rotatable bonds is 11. The number of aromatic nitrogens is 1. The summed E-state index contributed by atoms with van der Waals surface area (Å²) in [6, 6.07) is 12.6. The predicted octanol–water partition coefficient (Wildman–Crippen LogP) is 5.54. The van der Waals surface area contributed by atoms with Crippen LogP contribution in [0, 0.1) is 18.3 Å². The summed E-state index contributed by atoms with van der Waals surface area (Å²) in [6.45, 7) is 11.1. The Kier molecular flexibility index (Phi) is 10.6. The van der Waals surface area contributed by atoms with Crippen LogP contribution in [0.4, 0.5) is 5.82 Å². The van der Waals surface area contributed by atoms with E-state index in [0.717, 1.165) is 63.4 Å². The predicted molar refractivity (Wildman–Crippen MR) is 168 cm³/mol. The topological polar surface area (TPSA) is 72.6 Å². The first kappa shape index (κ1) is 30.0. The zero-order valence-corrected chi connectivity index (χ0v) is 25.5. The van der Waals surface area contributed by atoms with Gasteiger partial charge in [-0.05, 0) is 37.5 Å². The highest BCUT2D eigenvalue weighted by atomic mass is 32.2. The summed E-state index contributed by atoms with van der Waals surface area (Å²) in [5.41, 5.74) is 2.51. The lowest BCUT2D eigenvalue weighted by Crippen LogP contribution is -2.48. The number of pyridine rings is 1. The zero-order valence-electron chi connectivity index (χ0n) is 23.8. The van der Waals surface area contributed by atoms with Crippen molar-refractivity contribution in [1.29, 1.82) is 5.26 Å². The summed E-state index contributed by atoms with van der Waals surface area (Å²) in [7, 11) is 0. The quantitative estimate of drug-likeness (QED) is 0.197. The summed E-state index contributed by atoms with van der Waals surface area (Å²) in [5.74, 6) is 0.699. The molecule has 2 aliphatic rings. The molecule has 0 N–H and O–H groups in total. The highest BCUT2D eigenvalue weighted by Gasteiger charge is 2.33. The van der Waals surface area contributed by atoms with Crippen LogP contribution in [0.1, 0.15) is 68.2 Å². The van der Waals surface area contributed by atoms with Crippen molar-refractivity contribution in [1.82, 2.24) is 14.4 Å². The Hall–Kier alpha value is -2.93. The number of thiocarbonyl (C=S) groups is 1. The van der Waals surface area contributed by atoms with E-state index in [4.69, 9.17) is 12.2 Å². The summed E-state index contributed by atoms with van der Waals surface area (Å²) in [5, 5.41) is 9.87. The zero-order chi connectivity index (χ0) is 28.6. The van der Waals surface area contributed by atoms with Gasteiger partial charge in [0.15, 0.2) is 0 Å². The molecule has 2 fully saturated rings. The maximum Gasteiger partial charge on any atom is 0.270 e. The first-order chi connectivity index (χ1) is 19.4. The van der Waals surface area contributed by atoms with Gasteiger partial charge in [0.25, 0.3) is 11.5 Å². The molecule has 0 radical (unpaired) electrons. The Balaban J connectivity index is 1.62.